The molecule has 0 spiro atoms. The van der Waals surface area contributed by atoms with Crippen molar-refractivity contribution in [1.82, 2.24) is 19.6 Å². The minimum Gasteiger partial charge on any atom is -0.394 e. The number of benzene rings is 3. The molecule has 0 saturated heterocycles. The van der Waals surface area contributed by atoms with E-state index >= 15 is 0 Å². The van der Waals surface area contributed by atoms with E-state index in [4.69, 9.17) is 5.10 Å². The van der Waals surface area contributed by atoms with Gasteiger partial charge in [-0.2, -0.15) is 5.10 Å². The van der Waals surface area contributed by atoms with Crippen molar-refractivity contribution < 1.29 is 19.5 Å². The Morgan fingerprint density at radius 3 is 2.28 bits per heavy atom. The molecule has 0 aliphatic carbocycles. The lowest BCUT2D eigenvalue weighted by Gasteiger charge is -2.36. The van der Waals surface area contributed by atoms with Crippen LogP contribution in [-0.2, 0) is 24.2 Å². The van der Waals surface area contributed by atoms with Crippen LogP contribution in [0.4, 0.5) is 5.69 Å². The monoisotopic (exact) mass is 635 g/mol. The number of aromatic nitrogens is 2. The lowest BCUT2D eigenvalue weighted by Crippen LogP contribution is -2.46. The highest BCUT2D eigenvalue weighted by Crippen LogP contribution is 2.29. The molecule has 47 heavy (non-hydrogen) atoms. The Bertz CT molecular complexity index is 1690. The molecule has 0 radical (unpaired) electrons. The lowest BCUT2D eigenvalue weighted by atomic mass is 9.93. The number of aliphatic hydroxyl groups is 1. The highest BCUT2D eigenvalue weighted by molar-refractivity contribution is 6.01. The molecule has 9 nitrogen and oxygen atoms in total. The van der Waals surface area contributed by atoms with Crippen molar-refractivity contribution >= 4 is 23.4 Å². The van der Waals surface area contributed by atoms with Crippen molar-refractivity contribution in [3.63, 3.8) is 0 Å². The second-order valence-electron chi connectivity index (χ2n) is 12.3. The highest BCUT2D eigenvalue weighted by atomic mass is 16.3. The third kappa shape index (κ3) is 7.97. The van der Waals surface area contributed by atoms with E-state index in [-0.39, 0.29) is 30.7 Å². The molecule has 1 aromatic heterocycles. The fourth-order valence-electron chi connectivity index (χ4n) is 6.10. The molecule has 1 aliphatic rings. The van der Waals surface area contributed by atoms with Crippen LogP contribution in [0.5, 0.6) is 0 Å². The Balaban J connectivity index is 1.51. The molecule has 1 atom stereocenters. The Kier molecular flexibility index (Phi) is 11.2. The first-order valence-electron chi connectivity index (χ1n) is 16.7. The maximum atomic E-state index is 14.5. The van der Waals surface area contributed by atoms with Gasteiger partial charge in [-0.3, -0.25) is 14.4 Å². The molecular weight excluding hydrogens is 590 g/mol. The van der Waals surface area contributed by atoms with Gasteiger partial charge in [-0.1, -0.05) is 81.3 Å². The highest BCUT2D eigenvalue weighted by Gasteiger charge is 2.32. The molecule has 2 heterocycles. The van der Waals surface area contributed by atoms with Gasteiger partial charge >= 0.3 is 0 Å². The Labute approximate surface area is 277 Å². The average molecular weight is 636 g/mol. The molecule has 0 unspecified atom stereocenters. The van der Waals surface area contributed by atoms with Crippen LogP contribution in [0.15, 0.2) is 78.9 Å². The Morgan fingerprint density at radius 2 is 1.60 bits per heavy atom. The molecule has 9 heteroatoms. The lowest BCUT2D eigenvalue weighted by molar-refractivity contribution is -0.115. The first kappa shape index (κ1) is 33.6. The fourth-order valence-corrected chi connectivity index (χ4v) is 6.10. The average Bonchev–Trinajstić information content (AvgIpc) is 3.48. The van der Waals surface area contributed by atoms with E-state index in [0.717, 1.165) is 42.4 Å². The number of fused-ring (bicyclic) bond motifs is 1. The van der Waals surface area contributed by atoms with Gasteiger partial charge in [0.2, 0.25) is 5.91 Å². The second kappa shape index (κ2) is 15.7. The van der Waals surface area contributed by atoms with Crippen molar-refractivity contribution in [3.05, 3.63) is 113 Å². The number of carbonyl (C=O) groups is 3. The van der Waals surface area contributed by atoms with Crippen LogP contribution >= 0.6 is 0 Å². The van der Waals surface area contributed by atoms with Crippen LogP contribution in [-0.4, -0.2) is 68.1 Å². The number of amides is 3. The van der Waals surface area contributed by atoms with E-state index < -0.39 is 6.04 Å². The molecule has 4 aromatic rings. The summed E-state index contributed by atoms with van der Waals surface area (Å²) >= 11 is 0. The molecule has 5 rings (SSSR count). The minimum atomic E-state index is -0.414. The van der Waals surface area contributed by atoms with Crippen molar-refractivity contribution in [2.45, 2.75) is 71.9 Å². The summed E-state index contributed by atoms with van der Waals surface area (Å²) in [5, 5.41) is 18.1. The third-order valence-electron chi connectivity index (χ3n) is 8.73. The predicted octanol–water partition coefficient (Wildman–Crippen LogP) is 5.96. The number of anilines is 1. The zero-order valence-corrected chi connectivity index (χ0v) is 27.6. The van der Waals surface area contributed by atoms with Crippen LogP contribution in [0.1, 0.15) is 82.8 Å². The summed E-state index contributed by atoms with van der Waals surface area (Å²) in [6, 6.07) is 24.0. The van der Waals surface area contributed by atoms with Gasteiger partial charge in [0.25, 0.3) is 11.8 Å². The van der Waals surface area contributed by atoms with Crippen LogP contribution in [0, 0.1) is 6.92 Å². The summed E-state index contributed by atoms with van der Waals surface area (Å²) in [5.41, 5.74) is 5.34. The fraction of sp³-hybridized carbons (Fsp3) is 0.368. The van der Waals surface area contributed by atoms with Crippen LogP contribution in [0.25, 0.3) is 5.69 Å². The zero-order valence-electron chi connectivity index (χ0n) is 27.6. The minimum absolute atomic E-state index is 0.126. The third-order valence-corrected chi connectivity index (χ3v) is 8.73. The molecule has 0 bridgehead atoms. The molecule has 3 amide bonds. The van der Waals surface area contributed by atoms with E-state index in [1.807, 2.05) is 66.4 Å². The van der Waals surface area contributed by atoms with Crippen molar-refractivity contribution in [3.8, 4) is 5.69 Å². The predicted molar refractivity (Wildman–Crippen MR) is 184 cm³/mol. The van der Waals surface area contributed by atoms with Crippen molar-refractivity contribution in [2.24, 2.45) is 0 Å². The molecule has 246 valence electrons. The summed E-state index contributed by atoms with van der Waals surface area (Å²) in [6.45, 7) is 7.57. The van der Waals surface area contributed by atoms with E-state index in [2.05, 4.69) is 19.2 Å². The summed E-state index contributed by atoms with van der Waals surface area (Å²) in [5.74, 6) is -0.618. The summed E-state index contributed by atoms with van der Waals surface area (Å²) in [6.07, 6.45) is 4.52. The number of hydrogen-bond donors (Lipinski definition) is 2. The molecule has 3 aromatic carbocycles. The van der Waals surface area contributed by atoms with E-state index in [0.29, 0.717) is 54.4 Å². The van der Waals surface area contributed by atoms with Gasteiger partial charge in [0.05, 0.1) is 30.3 Å². The van der Waals surface area contributed by atoms with Crippen LogP contribution < -0.4 is 5.32 Å². The van der Waals surface area contributed by atoms with Gasteiger partial charge in [-0.15, -0.1) is 0 Å². The number of aliphatic hydroxyl groups excluding tert-OH is 1. The molecule has 1 aliphatic heterocycles. The van der Waals surface area contributed by atoms with E-state index in [1.54, 1.807) is 33.8 Å². The number of rotatable bonds is 13. The van der Waals surface area contributed by atoms with Crippen molar-refractivity contribution in [1.29, 1.82) is 0 Å². The van der Waals surface area contributed by atoms with E-state index in [1.165, 1.54) is 0 Å². The number of nitrogens with zero attached hydrogens (tertiary/aromatic N) is 4. The van der Waals surface area contributed by atoms with Gasteiger partial charge in [0.15, 0.2) is 5.69 Å². The molecule has 0 saturated carbocycles. The topological polar surface area (TPSA) is 108 Å². The van der Waals surface area contributed by atoms with Crippen molar-refractivity contribution in [2.75, 3.05) is 25.0 Å². The summed E-state index contributed by atoms with van der Waals surface area (Å²) < 4.78 is 1.64. The Morgan fingerprint density at radius 1 is 0.915 bits per heavy atom. The first-order chi connectivity index (χ1) is 22.8. The maximum absolute atomic E-state index is 14.5. The van der Waals surface area contributed by atoms with Gasteiger partial charge in [0, 0.05) is 31.0 Å². The first-order valence-corrected chi connectivity index (χ1v) is 16.7. The number of hydrogen-bond acceptors (Lipinski definition) is 5. The quantitative estimate of drug-likeness (QED) is 0.188. The van der Waals surface area contributed by atoms with Gasteiger partial charge in [-0.05, 0) is 67.1 Å². The van der Waals surface area contributed by atoms with Gasteiger partial charge in [0.1, 0.15) is 0 Å². The normalized spacial score (nSPS) is 14.0. The summed E-state index contributed by atoms with van der Waals surface area (Å²) in [7, 11) is 0. The zero-order chi connectivity index (χ0) is 33.3. The molecule has 0 fully saturated rings. The van der Waals surface area contributed by atoms with Gasteiger partial charge in [-0.25, -0.2) is 4.68 Å². The van der Waals surface area contributed by atoms with Crippen LogP contribution in [0.3, 0.4) is 0 Å². The number of unbranched alkanes of at least 4 members (excludes halogenated alkanes) is 2. The number of carbonyl (C=O) groups excluding carboxylic acids is 3. The summed E-state index contributed by atoms with van der Waals surface area (Å²) in [4.78, 5) is 44.7. The Hall–Kier alpha value is -4.76. The second-order valence-corrected chi connectivity index (χ2v) is 12.3. The van der Waals surface area contributed by atoms with E-state index in [9.17, 15) is 19.5 Å². The standard InChI is InChI=1S/C38H45N5O4/c1-4-6-19-41(20-7-5-2)38(47)34-21-27(3)43(40-34)35-18-17-31(39-36(45)22-28-13-9-8-10-14-28)24-33(35)37(46)42-25-30-16-12-11-15-29(30)23-32(42)26-44/h8-18,21,24,32,44H,4-7,19-20,22-23,25-26H2,1-3H3,(H,39,45)/t32-/m0/s1. The van der Waals surface area contributed by atoms with Crippen LogP contribution in [0.2, 0.25) is 0 Å². The number of aryl methyl sites for hydroxylation is 1. The molecular formula is C38H45N5O4. The number of nitrogens with one attached hydrogen (secondary N) is 1. The maximum Gasteiger partial charge on any atom is 0.274 e. The molecule has 2 N–H and O–H groups in total. The van der Waals surface area contributed by atoms with Gasteiger partial charge < -0.3 is 20.2 Å². The SMILES string of the molecule is CCCCN(CCCC)C(=O)c1cc(C)n(-c2ccc(NC(=O)Cc3ccccc3)cc2C(=O)N2Cc3ccccc3C[C@H]2CO)n1. The largest absolute Gasteiger partial charge is 0.394 e. The smallest absolute Gasteiger partial charge is 0.274 e.